The molecule has 0 saturated heterocycles. The van der Waals surface area contributed by atoms with Gasteiger partial charge in [0.2, 0.25) is 0 Å². The summed E-state index contributed by atoms with van der Waals surface area (Å²) in [6.45, 7) is 8.23. The first-order valence-electron chi connectivity index (χ1n) is 6.53. The van der Waals surface area contributed by atoms with Gasteiger partial charge in [0.25, 0.3) is 0 Å². The highest BCUT2D eigenvalue weighted by molar-refractivity contribution is 5.46. The normalized spacial score (nSPS) is 12.4. The number of hydrogen-bond donors (Lipinski definition) is 1. The Morgan fingerprint density at radius 3 is 2.61 bits per heavy atom. The maximum atomic E-state index is 4.43. The molecular weight excluding hydrogens is 222 g/mol. The molecule has 0 saturated carbocycles. The van der Waals surface area contributed by atoms with Crippen LogP contribution in [0, 0.1) is 6.92 Å². The van der Waals surface area contributed by atoms with Crippen molar-refractivity contribution in [2.24, 2.45) is 0 Å². The highest BCUT2D eigenvalue weighted by atomic mass is 15.3. The van der Waals surface area contributed by atoms with Gasteiger partial charge in [-0.3, -0.25) is 4.68 Å². The van der Waals surface area contributed by atoms with Gasteiger partial charge < -0.3 is 5.32 Å². The molecule has 0 radical (unpaired) electrons. The number of nitrogens with zero attached hydrogens (tertiary/aromatic N) is 2. The fourth-order valence-corrected chi connectivity index (χ4v) is 2.02. The zero-order chi connectivity index (χ0) is 13.0. The molecular formula is C15H21N3. The van der Waals surface area contributed by atoms with E-state index in [-0.39, 0.29) is 0 Å². The SMILES string of the molecule is CCn1cc(NCC(C)c2ccccc2)c(C)n1. The Morgan fingerprint density at radius 2 is 2.00 bits per heavy atom. The predicted octanol–water partition coefficient (Wildman–Crippen LogP) is 3.43. The van der Waals surface area contributed by atoms with E-state index in [2.05, 4.69) is 60.8 Å². The van der Waals surface area contributed by atoms with E-state index < -0.39 is 0 Å². The molecule has 18 heavy (non-hydrogen) atoms. The summed E-state index contributed by atoms with van der Waals surface area (Å²) in [4.78, 5) is 0. The molecule has 0 bridgehead atoms. The van der Waals surface area contributed by atoms with Crippen molar-refractivity contribution in [1.82, 2.24) is 9.78 Å². The lowest BCUT2D eigenvalue weighted by molar-refractivity contribution is 0.653. The summed E-state index contributed by atoms with van der Waals surface area (Å²) in [5, 5.41) is 7.92. The molecule has 1 heterocycles. The lowest BCUT2D eigenvalue weighted by Crippen LogP contribution is -2.09. The molecule has 1 aromatic carbocycles. The summed E-state index contributed by atoms with van der Waals surface area (Å²) in [6.07, 6.45) is 2.08. The molecule has 0 aliphatic heterocycles. The molecule has 0 aliphatic rings. The van der Waals surface area contributed by atoms with E-state index in [1.54, 1.807) is 0 Å². The highest BCUT2D eigenvalue weighted by Crippen LogP contribution is 2.17. The van der Waals surface area contributed by atoms with Gasteiger partial charge in [-0.1, -0.05) is 37.3 Å². The number of nitrogens with one attached hydrogen (secondary N) is 1. The van der Waals surface area contributed by atoms with E-state index in [9.17, 15) is 0 Å². The lowest BCUT2D eigenvalue weighted by atomic mass is 10.0. The van der Waals surface area contributed by atoms with Gasteiger partial charge in [0, 0.05) is 19.3 Å². The first-order chi connectivity index (χ1) is 8.70. The molecule has 1 atom stereocenters. The van der Waals surface area contributed by atoms with Crippen molar-refractivity contribution in [3.05, 3.63) is 47.8 Å². The number of benzene rings is 1. The first kappa shape index (κ1) is 12.7. The zero-order valence-corrected chi connectivity index (χ0v) is 11.4. The lowest BCUT2D eigenvalue weighted by Gasteiger charge is -2.13. The summed E-state index contributed by atoms with van der Waals surface area (Å²) in [5.41, 5.74) is 3.57. The Morgan fingerprint density at radius 1 is 1.28 bits per heavy atom. The Labute approximate surface area is 109 Å². The van der Waals surface area contributed by atoms with Crippen LogP contribution in [0.4, 0.5) is 5.69 Å². The van der Waals surface area contributed by atoms with Crippen LogP contribution in [-0.2, 0) is 6.54 Å². The molecule has 1 N–H and O–H groups in total. The van der Waals surface area contributed by atoms with Crippen LogP contribution in [0.1, 0.15) is 31.0 Å². The van der Waals surface area contributed by atoms with Crippen molar-refractivity contribution in [2.75, 3.05) is 11.9 Å². The molecule has 2 aromatic rings. The maximum absolute atomic E-state index is 4.43. The smallest absolute Gasteiger partial charge is 0.0825 e. The Balaban J connectivity index is 1.97. The summed E-state index contributed by atoms with van der Waals surface area (Å²) in [7, 11) is 0. The largest absolute Gasteiger partial charge is 0.382 e. The van der Waals surface area contributed by atoms with Gasteiger partial charge in [-0.2, -0.15) is 5.10 Å². The van der Waals surface area contributed by atoms with Crippen LogP contribution in [0.2, 0.25) is 0 Å². The molecule has 96 valence electrons. The van der Waals surface area contributed by atoms with Crippen molar-refractivity contribution < 1.29 is 0 Å². The third kappa shape index (κ3) is 2.92. The van der Waals surface area contributed by atoms with Crippen molar-refractivity contribution in [1.29, 1.82) is 0 Å². The minimum atomic E-state index is 0.496. The van der Waals surface area contributed by atoms with Crippen LogP contribution in [0.15, 0.2) is 36.5 Å². The van der Waals surface area contributed by atoms with Crippen molar-refractivity contribution in [2.45, 2.75) is 33.2 Å². The fraction of sp³-hybridized carbons (Fsp3) is 0.400. The molecule has 0 aliphatic carbocycles. The molecule has 2 rings (SSSR count). The first-order valence-corrected chi connectivity index (χ1v) is 6.53. The van der Waals surface area contributed by atoms with Gasteiger partial charge in [0.1, 0.15) is 0 Å². The predicted molar refractivity (Wildman–Crippen MR) is 76.0 cm³/mol. The zero-order valence-electron chi connectivity index (χ0n) is 11.4. The van der Waals surface area contributed by atoms with Crippen LogP contribution >= 0.6 is 0 Å². The molecule has 1 unspecified atom stereocenters. The van der Waals surface area contributed by atoms with Gasteiger partial charge in [-0.15, -0.1) is 0 Å². The Bertz CT molecular complexity index is 488. The van der Waals surface area contributed by atoms with Gasteiger partial charge in [0.15, 0.2) is 0 Å². The van der Waals surface area contributed by atoms with Crippen molar-refractivity contribution >= 4 is 5.69 Å². The molecule has 1 aromatic heterocycles. The number of hydrogen-bond acceptors (Lipinski definition) is 2. The standard InChI is InChI=1S/C15H21N3/c1-4-18-11-15(13(3)17-18)16-10-12(2)14-8-6-5-7-9-14/h5-9,11-12,16H,4,10H2,1-3H3. The summed E-state index contributed by atoms with van der Waals surface area (Å²) < 4.78 is 1.96. The minimum Gasteiger partial charge on any atom is -0.382 e. The summed E-state index contributed by atoms with van der Waals surface area (Å²) >= 11 is 0. The van der Waals surface area contributed by atoms with Crippen LogP contribution in [0.3, 0.4) is 0 Å². The number of aryl methyl sites for hydroxylation is 2. The van der Waals surface area contributed by atoms with E-state index in [0.717, 1.165) is 24.5 Å². The summed E-state index contributed by atoms with van der Waals surface area (Å²) in [5.74, 6) is 0.496. The number of aromatic nitrogens is 2. The third-order valence-electron chi connectivity index (χ3n) is 3.24. The van der Waals surface area contributed by atoms with E-state index in [4.69, 9.17) is 0 Å². The van der Waals surface area contributed by atoms with E-state index in [0.29, 0.717) is 5.92 Å². The van der Waals surface area contributed by atoms with Crippen molar-refractivity contribution in [3.63, 3.8) is 0 Å². The van der Waals surface area contributed by atoms with Gasteiger partial charge in [-0.05, 0) is 25.3 Å². The number of anilines is 1. The van der Waals surface area contributed by atoms with Crippen LogP contribution in [-0.4, -0.2) is 16.3 Å². The average Bonchev–Trinajstić information content (AvgIpc) is 2.77. The second kappa shape index (κ2) is 5.71. The van der Waals surface area contributed by atoms with E-state index in [1.807, 2.05) is 11.6 Å². The second-order valence-electron chi connectivity index (χ2n) is 4.68. The van der Waals surface area contributed by atoms with Crippen LogP contribution < -0.4 is 5.32 Å². The molecule has 3 nitrogen and oxygen atoms in total. The molecule has 0 fully saturated rings. The second-order valence-corrected chi connectivity index (χ2v) is 4.68. The molecule has 0 spiro atoms. The van der Waals surface area contributed by atoms with Crippen LogP contribution in [0.5, 0.6) is 0 Å². The van der Waals surface area contributed by atoms with Gasteiger partial charge in [0.05, 0.1) is 11.4 Å². The summed E-state index contributed by atoms with van der Waals surface area (Å²) in [6, 6.07) is 10.6. The average molecular weight is 243 g/mol. The fourth-order valence-electron chi connectivity index (χ4n) is 2.02. The number of rotatable bonds is 5. The Hall–Kier alpha value is -1.77. The topological polar surface area (TPSA) is 29.9 Å². The minimum absolute atomic E-state index is 0.496. The molecule has 3 heteroatoms. The molecule has 0 amide bonds. The quantitative estimate of drug-likeness (QED) is 0.872. The van der Waals surface area contributed by atoms with E-state index in [1.165, 1.54) is 5.56 Å². The van der Waals surface area contributed by atoms with Crippen molar-refractivity contribution in [3.8, 4) is 0 Å². The van der Waals surface area contributed by atoms with E-state index >= 15 is 0 Å². The van der Waals surface area contributed by atoms with Gasteiger partial charge in [-0.25, -0.2) is 0 Å². The highest BCUT2D eigenvalue weighted by Gasteiger charge is 2.07. The third-order valence-corrected chi connectivity index (χ3v) is 3.24. The van der Waals surface area contributed by atoms with Gasteiger partial charge >= 0.3 is 0 Å². The van der Waals surface area contributed by atoms with Crippen LogP contribution in [0.25, 0.3) is 0 Å². The Kier molecular flexibility index (Phi) is 4.03. The maximum Gasteiger partial charge on any atom is 0.0825 e. The monoisotopic (exact) mass is 243 g/mol.